The zero-order chi connectivity index (χ0) is 13.7. The van der Waals surface area contributed by atoms with E-state index in [-0.39, 0.29) is 19.1 Å². The van der Waals surface area contributed by atoms with Crippen LogP contribution in [0.4, 0.5) is 0 Å². The lowest BCUT2D eigenvalue weighted by Gasteiger charge is -2.17. The van der Waals surface area contributed by atoms with E-state index in [4.69, 9.17) is 10.00 Å². The van der Waals surface area contributed by atoms with Gasteiger partial charge in [0.15, 0.2) is 6.61 Å². The number of nitrogens with zero attached hydrogens (tertiary/aromatic N) is 2. The van der Waals surface area contributed by atoms with Gasteiger partial charge in [-0.25, -0.2) is 0 Å². The summed E-state index contributed by atoms with van der Waals surface area (Å²) in [4.78, 5) is 13.3. The fourth-order valence-corrected chi connectivity index (χ4v) is 2.34. The van der Waals surface area contributed by atoms with E-state index in [1.807, 2.05) is 25.1 Å². The summed E-state index contributed by atoms with van der Waals surface area (Å²) in [5.74, 6) is 0.589. The van der Waals surface area contributed by atoms with Gasteiger partial charge in [-0.2, -0.15) is 5.26 Å². The molecule has 0 saturated heterocycles. The van der Waals surface area contributed by atoms with Crippen molar-refractivity contribution < 1.29 is 9.53 Å². The predicted molar refractivity (Wildman–Crippen MR) is 71.8 cm³/mol. The summed E-state index contributed by atoms with van der Waals surface area (Å²) >= 11 is 0. The molecular weight excluding hydrogens is 240 g/mol. The lowest BCUT2D eigenvalue weighted by molar-refractivity contribution is -0.132. The molecule has 2 rings (SSSR count). The van der Waals surface area contributed by atoms with Gasteiger partial charge in [0, 0.05) is 6.54 Å². The summed E-state index contributed by atoms with van der Waals surface area (Å²) in [7, 11) is 0. The Labute approximate surface area is 113 Å². The summed E-state index contributed by atoms with van der Waals surface area (Å²) in [5.41, 5.74) is 2.72. The molecule has 0 fully saturated rings. The molecule has 0 spiro atoms. The van der Waals surface area contributed by atoms with E-state index in [0.717, 1.165) is 18.6 Å². The van der Waals surface area contributed by atoms with Crippen molar-refractivity contribution in [2.75, 3.05) is 19.7 Å². The minimum absolute atomic E-state index is 0.00565. The minimum Gasteiger partial charge on any atom is -0.484 e. The molecule has 1 amide bonds. The van der Waals surface area contributed by atoms with E-state index in [9.17, 15) is 4.79 Å². The monoisotopic (exact) mass is 258 g/mol. The zero-order valence-corrected chi connectivity index (χ0v) is 11.2. The van der Waals surface area contributed by atoms with E-state index in [1.54, 1.807) is 0 Å². The second-order valence-corrected chi connectivity index (χ2v) is 4.64. The molecule has 0 aromatic heterocycles. The molecule has 1 aromatic rings. The van der Waals surface area contributed by atoms with Gasteiger partial charge in [0.2, 0.25) is 0 Å². The van der Waals surface area contributed by atoms with Crippen molar-refractivity contribution in [2.45, 2.75) is 26.2 Å². The molecule has 4 nitrogen and oxygen atoms in total. The third-order valence-electron chi connectivity index (χ3n) is 3.43. The Morgan fingerprint density at radius 3 is 2.95 bits per heavy atom. The van der Waals surface area contributed by atoms with Crippen molar-refractivity contribution in [2.24, 2.45) is 0 Å². The third-order valence-corrected chi connectivity index (χ3v) is 3.43. The smallest absolute Gasteiger partial charge is 0.261 e. The SMILES string of the molecule is CCN(CC#N)C(=O)COc1ccc2c(c1)CCC2. The Balaban J connectivity index is 1.92. The topological polar surface area (TPSA) is 53.3 Å². The molecule has 0 aliphatic heterocycles. The van der Waals surface area contributed by atoms with E-state index >= 15 is 0 Å². The largest absolute Gasteiger partial charge is 0.484 e. The van der Waals surface area contributed by atoms with E-state index in [0.29, 0.717) is 6.54 Å². The van der Waals surface area contributed by atoms with Gasteiger partial charge in [-0.3, -0.25) is 4.79 Å². The first-order valence-electron chi connectivity index (χ1n) is 6.64. The van der Waals surface area contributed by atoms with Crippen LogP contribution < -0.4 is 4.74 Å². The zero-order valence-electron chi connectivity index (χ0n) is 11.2. The predicted octanol–water partition coefficient (Wildman–Crippen LogP) is 1.93. The number of amides is 1. The normalized spacial score (nSPS) is 12.6. The molecule has 1 aliphatic carbocycles. The first-order chi connectivity index (χ1) is 9.24. The number of hydrogen-bond acceptors (Lipinski definition) is 3. The minimum atomic E-state index is -0.149. The van der Waals surface area contributed by atoms with E-state index in [2.05, 4.69) is 6.07 Å². The highest BCUT2D eigenvalue weighted by atomic mass is 16.5. The summed E-state index contributed by atoms with van der Waals surface area (Å²) in [6.07, 6.45) is 3.43. The van der Waals surface area contributed by atoms with Gasteiger partial charge in [-0.15, -0.1) is 0 Å². The van der Waals surface area contributed by atoms with Crippen LogP contribution in [-0.4, -0.2) is 30.5 Å². The van der Waals surface area contributed by atoms with Gasteiger partial charge in [-0.05, 0) is 49.4 Å². The number of aryl methyl sites for hydroxylation is 2. The number of likely N-dealkylation sites (N-methyl/N-ethyl adjacent to an activating group) is 1. The van der Waals surface area contributed by atoms with Crippen LogP contribution in [0.15, 0.2) is 18.2 Å². The van der Waals surface area contributed by atoms with Gasteiger partial charge in [-0.1, -0.05) is 6.07 Å². The van der Waals surface area contributed by atoms with Crippen molar-refractivity contribution in [1.82, 2.24) is 4.90 Å². The molecule has 0 unspecified atom stereocenters. The van der Waals surface area contributed by atoms with Crippen LogP contribution >= 0.6 is 0 Å². The lowest BCUT2D eigenvalue weighted by atomic mass is 10.1. The van der Waals surface area contributed by atoms with Crippen LogP contribution in [-0.2, 0) is 17.6 Å². The molecule has 19 heavy (non-hydrogen) atoms. The molecule has 1 aliphatic rings. The second kappa shape index (κ2) is 6.24. The van der Waals surface area contributed by atoms with Gasteiger partial charge < -0.3 is 9.64 Å². The average molecular weight is 258 g/mol. The number of rotatable bonds is 5. The number of ether oxygens (including phenoxy) is 1. The second-order valence-electron chi connectivity index (χ2n) is 4.64. The van der Waals surface area contributed by atoms with Gasteiger partial charge in [0.1, 0.15) is 12.3 Å². The molecule has 0 bridgehead atoms. The number of carbonyl (C=O) groups excluding carboxylic acids is 1. The van der Waals surface area contributed by atoms with Gasteiger partial charge in [0.05, 0.1) is 6.07 Å². The van der Waals surface area contributed by atoms with E-state index < -0.39 is 0 Å². The van der Waals surface area contributed by atoms with Crippen molar-refractivity contribution >= 4 is 5.91 Å². The Morgan fingerprint density at radius 2 is 2.21 bits per heavy atom. The molecular formula is C15H18N2O2. The summed E-state index contributed by atoms with van der Waals surface area (Å²) in [6, 6.07) is 8.00. The van der Waals surface area contributed by atoms with Gasteiger partial charge >= 0.3 is 0 Å². The number of benzene rings is 1. The fraction of sp³-hybridized carbons (Fsp3) is 0.467. The molecule has 0 heterocycles. The molecule has 0 N–H and O–H groups in total. The van der Waals surface area contributed by atoms with Gasteiger partial charge in [0.25, 0.3) is 5.91 Å². The maximum absolute atomic E-state index is 11.8. The van der Waals surface area contributed by atoms with E-state index in [1.165, 1.54) is 22.4 Å². The van der Waals surface area contributed by atoms with Crippen LogP contribution in [0.2, 0.25) is 0 Å². The number of fused-ring (bicyclic) bond motifs is 1. The fourth-order valence-electron chi connectivity index (χ4n) is 2.34. The standard InChI is InChI=1S/C15H18N2O2/c1-2-17(9-8-16)15(18)11-19-14-7-6-12-4-3-5-13(12)10-14/h6-7,10H,2-5,9,11H2,1H3. The van der Waals surface area contributed by atoms with Crippen molar-refractivity contribution in [3.63, 3.8) is 0 Å². The summed E-state index contributed by atoms with van der Waals surface area (Å²) in [6.45, 7) is 2.49. The Kier molecular flexibility index (Phi) is 4.40. The Morgan fingerprint density at radius 1 is 1.42 bits per heavy atom. The molecule has 0 atom stereocenters. The maximum Gasteiger partial charge on any atom is 0.261 e. The Bertz CT molecular complexity index is 505. The molecule has 1 aromatic carbocycles. The highest BCUT2D eigenvalue weighted by molar-refractivity contribution is 5.78. The number of carbonyl (C=O) groups is 1. The quantitative estimate of drug-likeness (QED) is 0.758. The first-order valence-corrected chi connectivity index (χ1v) is 6.64. The number of hydrogen-bond donors (Lipinski definition) is 0. The van der Waals surface area contributed by atoms with Crippen LogP contribution in [0, 0.1) is 11.3 Å². The molecule has 0 radical (unpaired) electrons. The molecule has 100 valence electrons. The van der Waals surface area contributed by atoms with Crippen LogP contribution in [0.3, 0.4) is 0 Å². The summed E-state index contributed by atoms with van der Waals surface area (Å²) in [5, 5.41) is 8.62. The highest BCUT2D eigenvalue weighted by Gasteiger charge is 2.14. The van der Waals surface area contributed by atoms with Crippen LogP contribution in [0.25, 0.3) is 0 Å². The number of nitriles is 1. The Hall–Kier alpha value is -2.02. The molecule has 0 saturated carbocycles. The van der Waals surface area contributed by atoms with Crippen LogP contribution in [0.1, 0.15) is 24.5 Å². The van der Waals surface area contributed by atoms with Crippen molar-refractivity contribution in [3.05, 3.63) is 29.3 Å². The highest BCUT2D eigenvalue weighted by Crippen LogP contribution is 2.25. The average Bonchev–Trinajstić information content (AvgIpc) is 2.89. The third kappa shape index (κ3) is 3.25. The molecule has 4 heteroatoms. The first kappa shape index (κ1) is 13.4. The lowest BCUT2D eigenvalue weighted by Crippen LogP contribution is -2.35. The van der Waals surface area contributed by atoms with Crippen molar-refractivity contribution in [1.29, 1.82) is 5.26 Å². The maximum atomic E-state index is 11.8. The summed E-state index contributed by atoms with van der Waals surface area (Å²) < 4.78 is 5.52. The van der Waals surface area contributed by atoms with Crippen molar-refractivity contribution in [3.8, 4) is 11.8 Å². The van der Waals surface area contributed by atoms with Crippen LogP contribution in [0.5, 0.6) is 5.75 Å².